The zero-order valence-electron chi connectivity index (χ0n) is 9.04. The van der Waals surface area contributed by atoms with E-state index in [1.54, 1.807) is 0 Å². The lowest BCUT2D eigenvalue weighted by atomic mass is 10.2. The van der Waals surface area contributed by atoms with E-state index in [0.717, 1.165) is 12.1 Å². The lowest BCUT2D eigenvalue weighted by molar-refractivity contribution is 0.0949. The molecule has 0 aliphatic rings. The predicted molar refractivity (Wildman–Crippen MR) is 63.9 cm³/mol. The lowest BCUT2D eigenvalue weighted by Crippen LogP contribution is -2.22. The Morgan fingerprint density at radius 1 is 1.28 bits per heavy atom. The summed E-state index contributed by atoms with van der Waals surface area (Å²) in [7, 11) is 0. The van der Waals surface area contributed by atoms with E-state index in [2.05, 4.69) is 21.2 Å². The van der Waals surface area contributed by atoms with E-state index in [-0.39, 0.29) is 12.5 Å². The van der Waals surface area contributed by atoms with Crippen LogP contribution in [-0.2, 0) is 6.54 Å². The predicted octanol–water partition coefficient (Wildman–Crippen LogP) is 3.25. The van der Waals surface area contributed by atoms with E-state index in [9.17, 15) is 13.6 Å². The number of amides is 1. The Kier molecular flexibility index (Phi) is 3.76. The molecule has 0 saturated heterocycles. The molecule has 6 heteroatoms. The van der Waals surface area contributed by atoms with Crippen molar-refractivity contribution in [2.45, 2.75) is 6.54 Å². The van der Waals surface area contributed by atoms with E-state index in [1.165, 1.54) is 18.4 Å². The van der Waals surface area contributed by atoms with E-state index in [4.69, 9.17) is 4.42 Å². The van der Waals surface area contributed by atoms with Crippen molar-refractivity contribution in [3.05, 3.63) is 58.0 Å². The molecule has 94 valence electrons. The molecule has 0 atom stereocenters. The standard InChI is InChI=1S/C12H8BrF2NO2/c13-11-8(3-4-18-11)12(17)16-6-7-1-2-9(14)10(15)5-7/h1-5H,6H2,(H,16,17). The maximum Gasteiger partial charge on any atom is 0.256 e. The molecule has 0 radical (unpaired) electrons. The van der Waals surface area contributed by atoms with Gasteiger partial charge in [-0.25, -0.2) is 8.78 Å². The summed E-state index contributed by atoms with van der Waals surface area (Å²) < 4.78 is 30.9. The van der Waals surface area contributed by atoms with Crippen LogP contribution < -0.4 is 5.32 Å². The Balaban J connectivity index is 2.02. The fourth-order valence-corrected chi connectivity index (χ4v) is 1.80. The van der Waals surface area contributed by atoms with Crippen molar-refractivity contribution in [1.82, 2.24) is 5.32 Å². The minimum Gasteiger partial charge on any atom is -0.457 e. The number of nitrogens with one attached hydrogen (secondary N) is 1. The molecule has 0 aliphatic carbocycles. The van der Waals surface area contributed by atoms with Gasteiger partial charge >= 0.3 is 0 Å². The largest absolute Gasteiger partial charge is 0.457 e. The summed E-state index contributed by atoms with van der Waals surface area (Å²) in [6.45, 7) is 0.105. The summed E-state index contributed by atoms with van der Waals surface area (Å²) in [6, 6.07) is 4.97. The monoisotopic (exact) mass is 315 g/mol. The quantitative estimate of drug-likeness (QED) is 0.944. The van der Waals surface area contributed by atoms with Gasteiger partial charge in [0, 0.05) is 6.54 Å². The molecule has 1 aromatic heterocycles. The third-order valence-electron chi connectivity index (χ3n) is 2.30. The average Bonchev–Trinajstić information content (AvgIpc) is 2.77. The number of hydrogen-bond acceptors (Lipinski definition) is 2. The number of halogens is 3. The number of furan rings is 1. The normalized spacial score (nSPS) is 10.4. The van der Waals surface area contributed by atoms with Crippen molar-refractivity contribution in [1.29, 1.82) is 0 Å². The number of carbonyl (C=O) groups excluding carboxylic acids is 1. The SMILES string of the molecule is O=C(NCc1ccc(F)c(F)c1)c1ccoc1Br. The number of hydrogen-bond donors (Lipinski definition) is 1. The molecule has 0 unspecified atom stereocenters. The third kappa shape index (κ3) is 2.76. The van der Waals surface area contributed by atoms with Gasteiger partial charge in [-0.2, -0.15) is 0 Å². The van der Waals surface area contributed by atoms with Crippen molar-refractivity contribution in [2.24, 2.45) is 0 Å². The van der Waals surface area contributed by atoms with Crippen molar-refractivity contribution in [2.75, 3.05) is 0 Å². The Hall–Kier alpha value is -1.69. The molecule has 0 bridgehead atoms. The first-order chi connectivity index (χ1) is 8.58. The third-order valence-corrected chi connectivity index (χ3v) is 2.91. The summed E-state index contributed by atoms with van der Waals surface area (Å²) >= 11 is 3.08. The molecular weight excluding hydrogens is 308 g/mol. The minimum absolute atomic E-state index is 0.105. The first-order valence-electron chi connectivity index (χ1n) is 5.03. The molecule has 3 nitrogen and oxygen atoms in total. The van der Waals surface area contributed by atoms with Crippen LogP contribution >= 0.6 is 15.9 Å². The van der Waals surface area contributed by atoms with Crippen molar-refractivity contribution < 1.29 is 18.0 Å². The van der Waals surface area contributed by atoms with Gasteiger partial charge in [0.25, 0.3) is 5.91 Å². The highest BCUT2D eigenvalue weighted by atomic mass is 79.9. The van der Waals surface area contributed by atoms with Crippen LogP contribution in [0.2, 0.25) is 0 Å². The molecule has 0 spiro atoms. The molecular formula is C12H8BrF2NO2. The van der Waals surface area contributed by atoms with Gasteiger partial charge in [-0.1, -0.05) is 6.07 Å². The number of benzene rings is 1. The molecule has 1 heterocycles. The Morgan fingerprint density at radius 3 is 2.67 bits per heavy atom. The van der Waals surface area contributed by atoms with Crippen LogP contribution in [0.5, 0.6) is 0 Å². The van der Waals surface area contributed by atoms with Gasteiger partial charge in [0.1, 0.15) is 0 Å². The van der Waals surface area contributed by atoms with E-state index in [0.29, 0.717) is 15.8 Å². The Bertz CT molecular complexity index is 583. The van der Waals surface area contributed by atoms with Gasteiger partial charge in [0.2, 0.25) is 0 Å². The van der Waals surface area contributed by atoms with Crippen molar-refractivity contribution in [3.63, 3.8) is 0 Å². The zero-order valence-corrected chi connectivity index (χ0v) is 10.6. The van der Waals surface area contributed by atoms with Gasteiger partial charge in [-0.05, 0) is 39.7 Å². The van der Waals surface area contributed by atoms with Crippen LogP contribution in [0.4, 0.5) is 8.78 Å². The lowest BCUT2D eigenvalue weighted by Gasteiger charge is -2.04. The number of carbonyl (C=O) groups is 1. The molecule has 1 aromatic carbocycles. The molecule has 1 amide bonds. The first-order valence-corrected chi connectivity index (χ1v) is 5.82. The second-order valence-corrected chi connectivity index (χ2v) is 4.26. The summed E-state index contributed by atoms with van der Waals surface area (Å²) in [5.74, 6) is -2.21. The zero-order chi connectivity index (χ0) is 13.1. The molecule has 0 fully saturated rings. The fourth-order valence-electron chi connectivity index (χ4n) is 1.38. The van der Waals surface area contributed by atoms with Crippen molar-refractivity contribution in [3.8, 4) is 0 Å². The summed E-state index contributed by atoms with van der Waals surface area (Å²) in [4.78, 5) is 11.7. The van der Waals surface area contributed by atoms with Crippen LogP contribution in [0.3, 0.4) is 0 Å². The van der Waals surface area contributed by atoms with Crippen LogP contribution in [0.1, 0.15) is 15.9 Å². The molecule has 2 aromatic rings. The van der Waals surface area contributed by atoms with Gasteiger partial charge in [-0.3, -0.25) is 4.79 Å². The molecule has 2 rings (SSSR count). The van der Waals surface area contributed by atoms with Crippen LogP contribution in [0.25, 0.3) is 0 Å². The molecule has 18 heavy (non-hydrogen) atoms. The fraction of sp³-hybridized carbons (Fsp3) is 0.0833. The summed E-state index contributed by atoms with van der Waals surface area (Å²) in [5.41, 5.74) is 0.819. The highest BCUT2D eigenvalue weighted by Gasteiger charge is 2.12. The summed E-state index contributed by atoms with van der Waals surface area (Å²) in [5, 5.41) is 2.57. The minimum atomic E-state index is -0.939. The van der Waals surface area contributed by atoms with E-state index >= 15 is 0 Å². The maximum absolute atomic E-state index is 12.9. The van der Waals surface area contributed by atoms with Crippen LogP contribution in [0.15, 0.2) is 39.6 Å². The Labute approximate surface area is 110 Å². The second-order valence-electron chi connectivity index (χ2n) is 3.54. The molecule has 0 aliphatic heterocycles. The summed E-state index contributed by atoms with van der Waals surface area (Å²) in [6.07, 6.45) is 1.37. The smallest absolute Gasteiger partial charge is 0.256 e. The average molecular weight is 316 g/mol. The second kappa shape index (κ2) is 5.30. The van der Waals surface area contributed by atoms with Gasteiger partial charge in [0.05, 0.1) is 11.8 Å². The molecule has 0 saturated carbocycles. The van der Waals surface area contributed by atoms with Crippen LogP contribution in [-0.4, -0.2) is 5.91 Å². The van der Waals surface area contributed by atoms with Gasteiger partial charge in [-0.15, -0.1) is 0 Å². The maximum atomic E-state index is 12.9. The van der Waals surface area contributed by atoms with E-state index < -0.39 is 11.6 Å². The molecule has 1 N–H and O–H groups in total. The highest BCUT2D eigenvalue weighted by Crippen LogP contribution is 2.17. The topological polar surface area (TPSA) is 42.2 Å². The Morgan fingerprint density at radius 2 is 2.06 bits per heavy atom. The number of rotatable bonds is 3. The van der Waals surface area contributed by atoms with E-state index in [1.807, 2.05) is 0 Å². The highest BCUT2D eigenvalue weighted by molar-refractivity contribution is 9.10. The van der Waals surface area contributed by atoms with Crippen LogP contribution in [0, 0.1) is 11.6 Å². The van der Waals surface area contributed by atoms with Crippen molar-refractivity contribution >= 4 is 21.8 Å². The van der Waals surface area contributed by atoms with Gasteiger partial charge in [0.15, 0.2) is 16.3 Å². The first kappa shape index (κ1) is 12.8. The van der Waals surface area contributed by atoms with Gasteiger partial charge < -0.3 is 9.73 Å².